The summed E-state index contributed by atoms with van der Waals surface area (Å²) < 4.78 is 4.87. The van der Waals surface area contributed by atoms with E-state index in [0.29, 0.717) is 25.9 Å². The molecule has 3 aliphatic heterocycles. The first-order valence-corrected chi connectivity index (χ1v) is 15.2. The molecule has 3 heterocycles. The molecule has 0 spiro atoms. The molecule has 1 N–H and O–H groups in total. The third-order valence-electron chi connectivity index (χ3n) is 7.66. The number of ether oxygens (including phenoxy) is 1. The van der Waals surface area contributed by atoms with E-state index in [2.05, 4.69) is 42.9 Å². The molecule has 3 fully saturated rings. The second-order valence-electron chi connectivity index (χ2n) is 12.3. The second-order valence-corrected chi connectivity index (χ2v) is 12.3. The third-order valence-corrected chi connectivity index (χ3v) is 7.66. The van der Waals surface area contributed by atoms with Crippen LogP contribution in [0.1, 0.15) is 79.6 Å². The normalized spacial score (nSPS) is 22.1. The maximum absolute atomic E-state index is 13.2. The van der Waals surface area contributed by atoms with E-state index in [0.717, 1.165) is 31.7 Å². The summed E-state index contributed by atoms with van der Waals surface area (Å²) in [6.07, 6.45) is 7.88. The van der Waals surface area contributed by atoms with Gasteiger partial charge < -0.3 is 24.8 Å². The highest BCUT2D eigenvalue weighted by Crippen LogP contribution is 2.26. The Hall–Kier alpha value is -2.20. The predicted molar refractivity (Wildman–Crippen MR) is 159 cm³/mol. The Morgan fingerprint density at radius 1 is 0.925 bits per heavy atom. The maximum Gasteiger partial charge on any atom is 0.328 e. The van der Waals surface area contributed by atoms with Gasteiger partial charge in [0.2, 0.25) is 18.2 Å². The molecule has 3 aliphatic rings. The van der Waals surface area contributed by atoms with Crippen LogP contribution in [0.5, 0.6) is 0 Å². The quantitative estimate of drug-likeness (QED) is 0.338. The first-order chi connectivity index (χ1) is 18.9. The molecule has 232 valence electrons. The van der Waals surface area contributed by atoms with Crippen LogP contribution >= 0.6 is 0 Å². The van der Waals surface area contributed by atoms with Crippen LogP contribution in [0.3, 0.4) is 0 Å². The molecular weight excluding hydrogens is 510 g/mol. The van der Waals surface area contributed by atoms with Crippen LogP contribution < -0.4 is 5.32 Å². The van der Waals surface area contributed by atoms with Gasteiger partial charge >= 0.3 is 5.97 Å². The highest BCUT2D eigenvalue weighted by atomic mass is 16.5. The molecule has 10 nitrogen and oxygen atoms in total. The average molecular weight is 568 g/mol. The van der Waals surface area contributed by atoms with Crippen LogP contribution in [-0.4, -0.2) is 122 Å². The van der Waals surface area contributed by atoms with Gasteiger partial charge in [0.15, 0.2) is 0 Å². The van der Waals surface area contributed by atoms with E-state index in [9.17, 15) is 19.2 Å². The molecule has 40 heavy (non-hydrogen) atoms. The number of likely N-dealkylation sites (tertiary alicyclic amines) is 3. The lowest BCUT2D eigenvalue weighted by Crippen LogP contribution is -2.54. The first kappa shape index (κ1) is 35.8. The van der Waals surface area contributed by atoms with Crippen molar-refractivity contribution in [3.8, 4) is 0 Å². The van der Waals surface area contributed by atoms with Gasteiger partial charge in [-0.1, -0.05) is 41.0 Å². The standard InChI is InChI=1S/C20H34N4O5.C6H13N.C4H10/c1-14(2)17(22(3)18(26)11-21-13-25)12-23-9-5-7-15(23)19(27)24-10-6-8-16(24)20(28)29-4;1-7-5-3-2-4-6-7;1-4(2)3/h13-17H,5-12H2,1-4H3,(H,21,25);2-6H2,1H3;4H,1-3H3/t15-,16?,17+;;/m0../s1. The zero-order valence-electron chi connectivity index (χ0n) is 26.5. The number of carbonyl (C=O) groups excluding carboxylic acids is 4. The van der Waals surface area contributed by atoms with Crippen LogP contribution in [-0.2, 0) is 23.9 Å². The van der Waals surface area contributed by atoms with Gasteiger partial charge in [-0.05, 0) is 77.0 Å². The fourth-order valence-corrected chi connectivity index (χ4v) is 5.44. The zero-order valence-corrected chi connectivity index (χ0v) is 26.5. The maximum atomic E-state index is 13.2. The number of hydrogen-bond donors (Lipinski definition) is 1. The van der Waals surface area contributed by atoms with Gasteiger partial charge in [-0.2, -0.15) is 0 Å². The number of nitrogens with zero attached hydrogens (tertiary/aromatic N) is 4. The van der Waals surface area contributed by atoms with Gasteiger partial charge in [0.25, 0.3) is 0 Å². The van der Waals surface area contributed by atoms with Crippen LogP contribution in [0.4, 0.5) is 0 Å². The topological polar surface area (TPSA) is 102 Å². The smallest absolute Gasteiger partial charge is 0.328 e. The molecule has 0 aromatic carbocycles. The summed E-state index contributed by atoms with van der Waals surface area (Å²) in [7, 11) is 5.28. The van der Waals surface area contributed by atoms with Gasteiger partial charge in [-0.3, -0.25) is 19.3 Å². The fourth-order valence-electron chi connectivity index (χ4n) is 5.44. The Morgan fingerprint density at radius 2 is 1.50 bits per heavy atom. The molecule has 10 heteroatoms. The average Bonchev–Trinajstić information content (AvgIpc) is 3.59. The predicted octanol–water partition coefficient (Wildman–Crippen LogP) is 2.61. The van der Waals surface area contributed by atoms with Crippen molar-refractivity contribution >= 4 is 24.2 Å². The summed E-state index contributed by atoms with van der Waals surface area (Å²) in [6.45, 7) is 15.1. The molecule has 3 atom stereocenters. The number of carbonyl (C=O) groups is 4. The molecule has 1 unspecified atom stereocenters. The molecule has 0 aliphatic carbocycles. The Labute approximate surface area is 243 Å². The Morgan fingerprint density at radius 3 is 2.00 bits per heavy atom. The minimum absolute atomic E-state index is 0.0190. The summed E-state index contributed by atoms with van der Waals surface area (Å²) in [6, 6.07) is -0.855. The summed E-state index contributed by atoms with van der Waals surface area (Å²) in [4.78, 5) is 56.0. The molecule has 3 amide bonds. The van der Waals surface area contributed by atoms with E-state index < -0.39 is 6.04 Å². The van der Waals surface area contributed by atoms with Crippen molar-refractivity contribution in [2.45, 2.75) is 97.7 Å². The van der Waals surface area contributed by atoms with Gasteiger partial charge in [0.05, 0.1) is 19.7 Å². The molecular formula is C30H57N5O5. The largest absolute Gasteiger partial charge is 0.467 e. The number of piperidine rings is 1. The lowest BCUT2D eigenvalue weighted by Gasteiger charge is -2.37. The monoisotopic (exact) mass is 567 g/mol. The number of methoxy groups -OCH3 is 1. The molecule has 0 aromatic heterocycles. The summed E-state index contributed by atoms with van der Waals surface area (Å²) in [5.41, 5.74) is 0. The molecule has 3 saturated heterocycles. The van der Waals surface area contributed by atoms with Crippen molar-refractivity contribution < 1.29 is 23.9 Å². The van der Waals surface area contributed by atoms with E-state index in [4.69, 9.17) is 4.74 Å². The van der Waals surface area contributed by atoms with E-state index in [-0.39, 0.29) is 42.3 Å². The lowest BCUT2D eigenvalue weighted by molar-refractivity contribution is -0.152. The van der Waals surface area contributed by atoms with Crippen molar-refractivity contribution in [3.05, 3.63) is 0 Å². The van der Waals surface area contributed by atoms with Gasteiger partial charge in [-0.25, -0.2) is 4.79 Å². The first-order valence-electron chi connectivity index (χ1n) is 15.2. The van der Waals surface area contributed by atoms with Crippen LogP contribution in [0.2, 0.25) is 0 Å². The molecule has 0 bridgehead atoms. The molecule has 0 aromatic rings. The highest BCUT2D eigenvalue weighted by molar-refractivity contribution is 5.88. The van der Waals surface area contributed by atoms with Crippen LogP contribution in [0, 0.1) is 11.8 Å². The van der Waals surface area contributed by atoms with Crippen molar-refractivity contribution in [2.24, 2.45) is 11.8 Å². The van der Waals surface area contributed by atoms with Crippen molar-refractivity contribution in [3.63, 3.8) is 0 Å². The van der Waals surface area contributed by atoms with Crippen molar-refractivity contribution in [2.75, 3.05) is 60.5 Å². The third kappa shape index (κ3) is 12.1. The van der Waals surface area contributed by atoms with E-state index in [1.54, 1.807) is 16.8 Å². The van der Waals surface area contributed by atoms with Crippen LogP contribution in [0.15, 0.2) is 0 Å². The molecule has 0 radical (unpaired) electrons. The van der Waals surface area contributed by atoms with E-state index in [1.165, 1.54) is 39.5 Å². The number of esters is 1. The highest BCUT2D eigenvalue weighted by Gasteiger charge is 2.42. The SMILES string of the molecule is CC(C)C.CN1CCCCC1.COC(=O)C1CCCN1C(=O)[C@@H]1CCCN1C[C@H](C(C)C)N(C)C(=O)CNC=O. The fraction of sp³-hybridized carbons (Fsp3) is 0.867. The molecule has 3 rings (SSSR count). The van der Waals surface area contributed by atoms with Gasteiger partial charge in [0, 0.05) is 26.2 Å². The van der Waals surface area contributed by atoms with Crippen LogP contribution in [0.25, 0.3) is 0 Å². The van der Waals surface area contributed by atoms with Crippen molar-refractivity contribution in [1.29, 1.82) is 0 Å². The number of likely N-dealkylation sites (N-methyl/N-ethyl adjacent to an activating group) is 1. The Balaban J connectivity index is 0.000000605. The molecule has 0 saturated carbocycles. The Kier molecular flexibility index (Phi) is 17.0. The number of nitrogens with one attached hydrogen (secondary N) is 1. The summed E-state index contributed by atoms with van der Waals surface area (Å²) in [5, 5.41) is 2.41. The minimum atomic E-state index is -0.491. The number of hydrogen-bond acceptors (Lipinski definition) is 7. The van der Waals surface area contributed by atoms with E-state index >= 15 is 0 Å². The number of rotatable bonds is 9. The summed E-state index contributed by atoms with van der Waals surface area (Å²) in [5.74, 6) is 0.484. The van der Waals surface area contributed by atoms with Gasteiger partial charge in [-0.15, -0.1) is 0 Å². The summed E-state index contributed by atoms with van der Waals surface area (Å²) >= 11 is 0. The van der Waals surface area contributed by atoms with E-state index in [1.807, 2.05) is 13.8 Å². The second kappa shape index (κ2) is 19.0. The zero-order chi connectivity index (χ0) is 30.2. The number of amides is 3. The van der Waals surface area contributed by atoms with Crippen molar-refractivity contribution in [1.82, 2.24) is 24.9 Å². The minimum Gasteiger partial charge on any atom is -0.467 e. The Bertz CT molecular complexity index is 769. The van der Waals surface area contributed by atoms with Gasteiger partial charge in [0.1, 0.15) is 6.04 Å². The lowest BCUT2D eigenvalue weighted by atomic mass is 10.0.